The minimum atomic E-state index is -0.127. The van der Waals surface area contributed by atoms with E-state index in [1.165, 1.54) is 0 Å². The van der Waals surface area contributed by atoms with Crippen LogP contribution in [0.3, 0.4) is 0 Å². The van der Waals surface area contributed by atoms with Crippen LogP contribution in [0.4, 0.5) is 11.6 Å². The van der Waals surface area contributed by atoms with E-state index >= 15 is 0 Å². The zero-order chi connectivity index (χ0) is 22.6. The van der Waals surface area contributed by atoms with Gasteiger partial charge in [-0.1, -0.05) is 0 Å². The number of pyridine rings is 4. The second kappa shape index (κ2) is 5.85. The maximum absolute atomic E-state index is 13.5. The van der Waals surface area contributed by atoms with Crippen molar-refractivity contribution in [2.75, 3.05) is 38.0 Å². The molecule has 0 atom stereocenters. The van der Waals surface area contributed by atoms with Gasteiger partial charge in [0.2, 0.25) is 0 Å². The van der Waals surface area contributed by atoms with Gasteiger partial charge in [0.1, 0.15) is 22.9 Å². The predicted molar refractivity (Wildman–Crippen MR) is 131 cm³/mol. The molecule has 0 radical (unpaired) electrons. The molecule has 6 rings (SSSR count). The monoisotopic (exact) mass is 426 g/mol. The van der Waals surface area contributed by atoms with E-state index in [0.29, 0.717) is 22.1 Å². The first kappa shape index (κ1) is 18.8. The second-order valence-electron chi connectivity index (χ2n) is 8.92. The molecule has 8 nitrogen and oxygen atoms in total. The molecule has 0 spiro atoms. The van der Waals surface area contributed by atoms with Gasteiger partial charge in [-0.25, -0.2) is 9.97 Å². The summed E-state index contributed by atoms with van der Waals surface area (Å²) in [6.07, 6.45) is 0. The normalized spacial score (nSPS) is 12.3. The van der Waals surface area contributed by atoms with Crippen molar-refractivity contribution in [2.45, 2.75) is 0 Å². The third-order valence-corrected chi connectivity index (χ3v) is 6.54. The van der Waals surface area contributed by atoms with Crippen LogP contribution < -0.4 is 20.9 Å². The lowest BCUT2D eigenvalue weighted by Crippen LogP contribution is -2.23. The summed E-state index contributed by atoms with van der Waals surface area (Å²) in [7, 11) is 11.2. The first-order chi connectivity index (χ1) is 15.2. The molecule has 0 bridgehead atoms. The average molecular weight is 426 g/mol. The highest BCUT2D eigenvalue weighted by Crippen LogP contribution is 2.41. The first-order valence-electron chi connectivity index (χ1n) is 10.4. The molecule has 32 heavy (non-hydrogen) atoms. The van der Waals surface area contributed by atoms with Crippen LogP contribution in [-0.2, 0) is 14.1 Å². The van der Waals surface area contributed by atoms with Crippen molar-refractivity contribution in [1.29, 1.82) is 0 Å². The van der Waals surface area contributed by atoms with Crippen LogP contribution in [0.5, 0.6) is 0 Å². The summed E-state index contributed by atoms with van der Waals surface area (Å²) in [6.45, 7) is 0. The van der Waals surface area contributed by atoms with E-state index < -0.39 is 0 Å². The Morgan fingerprint density at radius 2 is 1.00 bits per heavy atom. The summed E-state index contributed by atoms with van der Waals surface area (Å²) >= 11 is 0. The lowest BCUT2D eigenvalue weighted by atomic mass is 9.91. The van der Waals surface area contributed by atoms with Crippen molar-refractivity contribution >= 4 is 66.0 Å². The molecule has 8 heteroatoms. The Balaban J connectivity index is 2.03. The molecule has 0 saturated carbocycles. The predicted octanol–water partition coefficient (Wildman–Crippen LogP) is 2.65. The Kier molecular flexibility index (Phi) is 3.44. The smallest absolute Gasteiger partial charge is 0.259 e. The number of rotatable bonds is 2. The molecule has 0 N–H and O–H groups in total. The summed E-state index contributed by atoms with van der Waals surface area (Å²) in [6, 6.07) is 7.82. The minimum Gasteiger partial charge on any atom is -0.363 e. The first-order valence-corrected chi connectivity index (χ1v) is 10.4. The molecule has 0 fully saturated rings. The van der Waals surface area contributed by atoms with E-state index in [1.807, 2.05) is 62.3 Å². The number of nitrogens with zero attached hydrogens (tertiary/aromatic N) is 6. The number of aryl methyl sites for hydroxylation is 2. The summed E-state index contributed by atoms with van der Waals surface area (Å²) < 4.78 is 3.22. The van der Waals surface area contributed by atoms with Gasteiger partial charge < -0.3 is 9.80 Å². The van der Waals surface area contributed by atoms with Crippen molar-refractivity contribution in [3.05, 3.63) is 45.0 Å². The Bertz CT molecular complexity index is 1710. The van der Waals surface area contributed by atoms with Gasteiger partial charge in [0, 0.05) is 74.6 Å². The fourth-order valence-electron chi connectivity index (χ4n) is 4.89. The molecule has 2 aromatic carbocycles. The van der Waals surface area contributed by atoms with E-state index in [0.717, 1.165) is 44.0 Å². The van der Waals surface area contributed by atoms with Crippen molar-refractivity contribution in [2.24, 2.45) is 14.1 Å². The largest absolute Gasteiger partial charge is 0.363 e. The Hall–Kier alpha value is -3.94. The molecule has 4 heterocycles. The minimum absolute atomic E-state index is 0.127. The topological polar surface area (TPSA) is 76.3 Å². The van der Waals surface area contributed by atoms with E-state index in [1.54, 1.807) is 23.2 Å². The molecule has 0 aliphatic rings. The van der Waals surface area contributed by atoms with Crippen LogP contribution in [-0.4, -0.2) is 47.3 Å². The van der Waals surface area contributed by atoms with Crippen molar-refractivity contribution in [3.8, 4) is 0 Å². The third kappa shape index (κ3) is 2.11. The van der Waals surface area contributed by atoms with E-state index in [9.17, 15) is 9.59 Å². The Labute approximate surface area is 182 Å². The van der Waals surface area contributed by atoms with Gasteiger partial charge in [-0.05, 0) is 35.0 Å². The number of anilines is 2. The van der Waals surface area contributed by atoms with Crippen LogP contribution in [0, 0.1) is 0 Å². The SMILES string of the molecule is CN(C)c1cc2cc3c(=O)n(C)c4nc(N(C)C)cc5cc6c(=O)n(C)c(n1)c2c6c3c54. The molecule has 6 aromatic rings. The molecule has 0 unspecified atom stereocenters. The number of benzene rings is 2. The summed E-state index contributed by atoms with van der Waals surface area (Å²) in [4.78, 5) is 40.4. The average Bonchev–Trinajstić information content (AvgIpc) is 2.77. The molecular weight excluding hydrogens is 404 g/mol. The molecule has 0 amide bonds. The Morgan fingerprint density at radius 3 is 1.34 bits per heavy atom. The lowest BCUT2D eigenvalue weighted by molar-refractivity contribution is 0.894. The summed E-state index contributed by atoms with van der Waals surface area (Å²) in [5, 5.41) is 6.35. The zero-order valence-electron chi connectivity index (χ0n) is 18.8. The summed E-state index contributed by atoms with van der Waals surface area (Å²) in [5.41, 5.74) is 0.968. The van der Waals surface area contributed by atoms with Crippen LogP contribution in [0.15, 0.2) is 33.9 Å². The lowest BCUT2D eigenvalue weighted by Gasteiger charge is -2.21. The number of aromatic nitrogens is 4. The van der Waals surface area contributed by atoms with Gasteiger partial charge in [-0.2, -0.15) is 0 Å². The van der Waals surface area contributed by atoms with Crippen molar-refractivity contribution < 1.29 is 0 Å². The van der Waals surface area contributed by atoms with Gasteiger partial charge in [0.25, 0.3) is 11.1 Å². The van der Waals surface area contributed by atoms with Gasteiger partial charge in [0.05, 0.1) is 0 Å². The van der Waals surface area contributed by atoms with Gasteiger partial charge >= 0.3 is 0 Å². The highest BCUT2D eigenvalue weighted by Gasteiger charge is 2.24. The van der Waals surface area contributed by atoms with Crippen LogP contribution in [0.2, 0.25) is 0 Å². The number of hydrogen-bond donors (Lipinski definition) is 0. The molecule has 160 valence electrons. The quantitative estimate of drug-likeness (QED) is 0.313. The molecular formula is C24H22N6O2. The van der Waals surface area contributed by atoms with Crippen LogP contribution >= 0.6 is 0 Å². The van der Waals surface area contributed by atoms with Gasteiger partial charge in [-0.3, -0.25) is 18.7 Å². The van der Waals surface area contributed by atoms with Crippen molar-refractivity contribution in [3.63, 3.8) is 0 Å². The van der Waals surface area contributed by atoms with Crippen LogP contribution in [0.25, 0.3) is 54.4 Å². The molecule has 0 aliphatic carbocycles. The fraction of sp³-hybridized carbons (Fsp3) is 0.250. The van der Waals surface area contributed by atoms with E-state index in [2.05, 4.69) is 0 Å². The fourth-order valence-corrected chi connectivity index (χ4v) is 4.89. The maximum Gasteiger partial charge on any atom is 0.259 e. The van der Waals surface area contributed by atoms with Gasteiger partial charge in [-0.15, -0.1) is 0 Å². The second-order valence-corrected chi connectivity index (χ2v) is 8.92. The van der Waals surface area contributed by atoms with E-state index in [-0.39, 0.29) is 11.1 Å². The van der Waals surface area contributed by atoms with E-state index in [4.69, 9.17) is 9.97 Å². The molecule has 4 aromatic heterocycles. The van der Waals surface area contributed by atoms with Crippen molar-refractivity contribution in [1.82, 2.24) is 19.1 Å². The Morgan fingerprint density at radius 1 is 0.625 bits per heavy atom. The third-order valence-electron chi connectivity index (χ3n) is 6.54. The molecule has 0 aliphatic heterocycles. The number of hydrogen-bond acceptors (Lipinski definition) is 6. The highest BCUT2D eigenvalue weighted by atomic mass is 16.1. The van der Waals surface area contributed by atoms with Gasteiger partial charge in [0.15, 0.2) is 0 Å². The van der Waals surface area contributed by atoms with Crippen LogP contribution in [0.1, 0.15) is 0 Å². The summed E-state index contributed by atoms with van der Waals surface area (Å²) in [5.74, 6) is 1.47. The molecule has 0 saturated heterocycles. The standard InChI is InChI=1S/C24H22N6O2/c1-27(2)15-9-11-7-13-20-18-12(10-16(28(3)4)26-22(18)30(6)24(13)32)8-14-19(20)17(11)21(25-15)29(5)23(14)31/h7-10H,1-6H3. The maximum atomic E-state index is 13.5. The highest BCUT2D eigenvalue weighted by molar-refractivity contribution is 6.35. The zero-order valence-corrected chi connectivity index (χ0v) is 18.8.